The van der Waals surface area contributed by atoms with Crippen LogP contribution in [0, 0.1) is 0 Å². The molecule has 0 saturated heterocycles. The van der Waals surface area contributed by atoms with Crippen LogP contribution in [0.15, 0.2) is 24.4 Å². The number of rotatable bonds is 3. The Balaban J connectivity index is 0.00000180. The molecule has 0 spiro atoms. The lowest BCUT2D eigenvalue weighted by molar-refractivity contribution is 0.174. The standard InChI is InChI=1S/C20H17NO5.ClH/c1-22-16-5-10-4-13-12-7-15-14(25-9-26-15)6-11(12)8-21-18(13)17(10)20(24-3)19(16)23-2;/h5-8H,4,9H2,1-3H3;1H. The molecule has 0 bridgehead atoms. The number of nitrogens with zero attached hydrogens (tertiary/aromatic N) is 1. The van der Waals surface area contributed by atoms with Crippen LogP contribution in [-0.4, -0.2) is 33.1 Å². The Morgan fingerprint density at radius 2 is 1.67 bits per heavy atom. The van der Waals surface area contributed by atoms with Gasteiger partial charge in [0.2, 0.25) is 12.5 Å². The lowest BCUT2D eigenvalue weighted by Crippen LogP contribution is -1.98. The molecule has 6 nitrogen and oxygen atoms in total. The molecule has 0 unspecified atom stereocenters. The summed E-state index contributed by atoms with van der Waals surface area (Å²) in [6.45, 7) is 0.254. The topological polar surface area (TPSA) is 59.0 Å². The zero-order valence-electron chi connectivity index (χ0n) is 15.1. The van der Waals surface area contributed by atoms with Crippen LogP contribution in [0.1, 0.15) is 11.1 Å². The van der Waals surface area contributed by atoms with Gasteiger partial charge in [-0.1, -0.05) is 0 Å². The Labute approximate surface area is 162 Å². The second-order valence-electron chi connectivity index (χ2n) is 6.23. The predicted octanol–water partition coefficient (Wildman–Crippen LogP) is 3.98. The third-order valence-corrected chi connectivity index (χ3v) is 5.00. The summed E-state index contributed by atoms with van der Waals surface area (Å²) < 4.78 is 27.7. The van der Waals surface area contributed by atoms with Gasteiger partial charge >= 0.3 is 0 Å². The average Bonchev–Trinajstić information content (AvgIpc) is 3.27. The minimum Gasteiger partial charge on any atom is -0.493 e. The Morgan fingerprint density at radius 3 is 2.37 bits per heavy atom. The fraction of sp³-hybridized carbons (Fsp3) is 0.250. The summed E-state index contributed by atoms with van der Waals surface area (Å²) in [6.07, 6.45) is 2.60. The largest absolute Gasteiger partial charge is 0.493 e. The molecule has 2 aliphatic rings. The number of benzene rings is 2. The van der Waals surface area contributed by atoms with Gasteiger partial charge in [0.05, 0.1) is 32.6 Å². The van der Waals surface area contributed by atoms with Crippen LogP contribution in [0.25, 0.3) is 22.0 Å². The predicted molar refractivity (Wildman–Crippen MR) is 103 cm³/mol. The Kier molecular flexibility index (Phi) is 4.15. The van der Waals surface area contributed by atoms with E-state index in [1.807, 2.05) is 24.4 Å². The first-order chi connectivity index (χ1) is 12.7. The van der Waals surface area contributed by atoms with Gasteiger partial charge in [-0.2, -0.15) is 0 Å². The molecule has 2 aromatic carbocycles. The van der Waals surface area contributed by atoms with Crippen molar-refractivity contribution in [2.24, 2.45) is 0 Å². The van der Waals surface area contributed by atoms with Crippen LogP contribution in [0.2, 0.25) is 0 Å². The van der Waals surface area contributed by atoms with Gasteiger partial charge in [0.1, 0.15) is 0 Å². The molecule has 5 rings (SSSR count). The molecule has 7 heteroatoms. The Bertz CT molecular complexity index is 1070. The van der Waals surface area contributed by atoms with Gasteiger partial charge in [-0.25, -0.2) is 0 Å². The molecule has 2 heterocycles. The van der Waals surface area contributed by atoms with Gasteiger partial charge in [0, 0.05) is 18.0 Å². The maximum atomic E-state index is 5.67. The van der Waals surface area contributed by atoms with Crippen molar-refractivity contribution in [2.45, 2.75) is 6.42 Å². The van der Waals surface area contributed by atoms with E-state index < -0.39 is 0 Å². The van der Waals surface area contributed by atoms with Crippen molar-refractivity contribution in [1.82, 2.24) is 4.98 Å². The molecule has 1 aliphatic carbocycles. The summed E-state index contributed by atoms with van der Waals surface area (Å²) >= 11 is 0. The molecule has 0 fully saturated rings. The van der Waals surface area contributed by atoms with Crippen LogP contribution in [0.5, 0.6) is 28.7 Å². The molecule has 140 valence electrons. The molecule has 27 heavy (non-hydrogen) atoms. The monoisotopic (exact) mass is 387 g/mol. The van der Waals surface area contributed by atoms with E-state index in [4.69, 9.17) is 28.7 Å². The van der Waals surface area contributed by atoms with E-state index in [9.17, 15) is 0 Å². The van der Waals surface area contributed by atoms with E-state index >= 15 is 0 Å². The van der Waals surface area contributed by atoms with Crippen molar-refractivity contribution in [1.29, 1.82) is 0 Å². The summed E-state index contributed by atoms with van der Waals surface area (Å²) in [4.78, 5) is 4.72. The van der Waals surface area contributed by atoms with Crippen LogP contribution in [0.3, 0.4) is 0 Å². The first kappa shape index (κ1) is 17.5. The highest BCUT2D eigenvalue weighted by atomic mass is 35.5. The van der Waals surface area contributed by atoms with Crippen molar-refractivity contribution in [3.63, 3.8) is 0 Å². The molecular weight excluding hydrogens is 370 g/mol. The van der Waals surface area contributed by atoms with Crippen LogP contribution < -0.4 is 23.7 Å². The number of hydrogen-bond acceptors (Lipinski definition) is 6. The Morgan fingerprint density at radius 1 is 0.926 bits per heavy atom. The molecule has 0 radical (unpaired) electrons. The number of methoxy groups -OCH3 is 3. The summed E-state index contributed by atoms with van der Waals surface area (Å²) in [5.74, 6) is 3.40. The first-order valence-corrected chi connectivity index (χ1v) is 8.28. The van der Waals surface area contributed by atoms with Crippen LogP contribution >= 0.6 is 12.4 Å². The second kappa shape index (κ2) is 6.39. The summed E-state index contributed by atoms with van der Waals surface area (Å²) in [6, 6.07) is 6.01. The van der Waals surface area contributed by atoms with E-state index in [0.717, 1.165) is 51.1 Å². The summed E-state index contributed by atoms with van der Waals surface area (Å²) in [5, 5.41) is 2.13. The highest BCUT2D eigenvalue weighted by Gasteiger charge is 2.31. The van der Waals surface area contributed by atoms with Gasteiger partial charge in [-0.3, -0.25) is 4.98 Å². The van der Waals surface area contributed by atoms with E-state index in [-0.39, 0.29) is 19.2 Å². The fourth-order valence-corrected chi connectivity index (χ4v) is 3.86. The zero-order chi connectivity index (χ0) is 17.8. The van der Waals surface area contributed by atoms with Gasteiger partial charge in [-0.15, -0.1) is 12.4 Å². The van der Waals surface area contributed by atoms with Crippen molar-refractivity contribution >= 4 is 23.2 Å². The number of hydrogen-bond donors (Lipinski definition) is 0. The normalized spacial score (nSPS) is 13.0. The number of pyridine rings is 1. The van der Waals surface area contributed by atoms with Crippen molar-refractivity contribution < 1.29 is 23.7 Å². The van der Waals surface area contributed by atoms with Crippen molar-refractivity contribution in [3.8, 4) is 40.0 Å². The van der Waals surface area contributed by atoms with Crippen LogP contribution in [0.4, 0.5) is 0 Å². The van der Waals surface area contributed by atoms with Gasteiger partial charge in [0.25, 0.3) is 0 Å². The van der Waals surface area contributed by atoms with E-state index in [1.165, 1.54) is 0 Å². The molecule has 1 aromatic heterocycles. The lowest BCUT2D eigenvalue weighted by Gasteiger charge is -2.16. The number of ether oxygens (including phenoxy) is 5. The number of aromatic nitrogens is 1. The van der Waals surface area contributed by atoms with Crippen molar-refractivity contribution in [3.05, 3.63) is 35.5 Å². The molecule has 1 aliphatic heterocycles. The molecular formula is C20H18ClNO5. The lowest BCUT2D eigenvalue weighted by atomic mass is 10.0. The average molecular weight is 388 g/mol. The third-order valence-electron chi connectivity index (χ3n) is 5.00. The highest BCUT2D eigenvalue weighted by molar-refractivity contribution is 5.97. The zero-order valence-corrected chi connectivity index (χ0v) is 15.9. The quantitative estimate of drug-likeness (QED) is 0.530. The number of fused-ring (bicyclic) bond motifs is 6. The maximum absolute atomic E-state index is 5.67. The summed E-state index contributed by atoms with van der Waals surface area (Å²) in [7, 11) is 4.87. The van der Waals surface area contributed by atoms with Gasteiger partial charge in [-0.05, 0) is 34.7 Å². The second-order valence-corrected chi connectivity index (χ2v) is 6.23. The van der Waals surface area contributed by atoms with Gasteiger partial charge in [0.15, 0.2) is 23.0 Å². The first-order valence-electron chi connectivity index (χ1n) is 8.28. The minimum atomic E-state index is 0. The van der Waals surface area contributed by atoms with Crippen LogP contribution in [-0.2, 0) is 6.42 Å². The molecule has 0 atom stereocenters. The SMILES string of the molecule is COc1cc2c(c(OC)c1OC)-c1ncc3cc4c(cc3c1C2)OCO4.Cl. The minimum absolute atomic E-state index is 0. The molecule has 0 N–H and O–H groups in total. The number of halogens is 1. The van der Waals surface area contributed by atoms with Gasteiger partial charge < -0.3 is 23.7 Å². The Hall–Kier alpha value is -2.86. The fourth-order valence-electron chi connectivity index (χ4n) is 3.86. The third kappa shape index (κ3) is 2.36. The molecule has 3 aromatic rings. The summed E-state index contributed by atoms with van der Waals surface area (Å²) in [5.41, 5.74) is 4.11. The smallest absolute Gasteiger partial charge is 0.231 e. The molecule has 0 amide bonds. The van der Waals surface area contributed by atoms with E-state index in [2.05, 4.69) is 0 Å². The highest BCUT2D eigenvalue weighted by Crippen LogP contribution is 2.52. The maximum Gasteiger partial charge on any atom is 0.231 e. The van der Waals surface area contributed by atoms with E-state index in [1.54, 1.807) is 21.3 Å². The van der Waals surface area contributed by atoms with E-state index in [0.29, 0.717) is 17.2 Å². The van der Waals surface area contributed by atoms with Crippen molar-refractivity contribution in [2.75, 3.05) is 28.1 Å². The molecule has 0 saturated carbocycles.